The second kappa shape index (κ2) is 6.95. The molecule has 0 radical (unpaired) electrons. The van der Waals surface area contributed by atoms with Crippen molar-refractivity contribution in [2.45, 2.75) is 6.54 Å². The minimum absolute atomic E-state index is 0.0957. The van der Waals surface area contributed by atoms with Gasteiger partial charge < -0.3 is 15.5 Å². The number of nitrogens with zero attached hydrogens (tertiary/aromatic N) is 1. The van der Waals surface area contributed by atoms with Crippen LogP contribution < -0.4 is 5.32 Å². The minimum Gasteiger partial charge on any atom is -0.508 e. The van der Waals surface area contributed by atoms with Gasteiger partial charge in [0.1, 0.15) is 23.1 Å². The van der Waals surface area contributed by atoms with Crippen LogP contribution in [0.25, 0.3) is 6.08 Å². The predicted octanol–water partition coefficient (Wildman–Crippen LogP) is 2.32. The molecule has 2 aromatic rings. The second-order valence-electron chi connectivity index (χ2n) is 4.58. The van der Waals surface area contributed by atoms with Crippen molar-refractivity contribution < 1.29 is 15.0 Å². The van der Waals surface area contributed by atoms with Crippen molar-refractivity contribution in [1.29, 1.82) is 5.26 Å². The Balaban J connectivity index is 2.12. The van der Waals surface area contributed by atoms with E-state index < -0.39 is 5.91 Å². The van der Waals surface area contributed by atoms with Gasteiger partial charge in [-0.25, -0.2) is 0 Å². The van der Waals surface area contributed by atoms with E-state index in [0.29, 0.717) is 6.54 Å². The maximum absolute atomic E-state index is 12.0. The van der Waals surface area contributed by atoms with Gasteiger partial charge in [-0.1, -0.05) is 30.3 Å². The lowest BCUT2D eigenvalue weighted by atomic mass is 10.1. The standard InChI is InChI=1S/C17H14N2O3/c18-10-14(8-13-6-7-15(20)9-16(13)21)17(22)19-11-12-4-2-1-3-5-12/h1-9,20-21H,11H2,(H,19,22)/b14-8-. The first kappa shape index (κ1) is 15.1. The Bertz CT molecular complexity index is 746. The monoisotopic (exact) mass is 294 g/mol. The smallest absolute Gasteiger partial charge is 0.262 e. The zero-order valence-corrected chi connectivity index (χ0v) is 11.7. The highest BCUT2D eigenvalue weighted by molar-refractivity contribution is 6.01. The van der Waals surface area contributed by atoms with Crippen molar-refractivity contribution >= 4 is 12.0 Å². The van der Waals surface area contributed by atoms with Crippen LogP contribution in [-0.4, -0.2) is 16.1 Å². The molecule has 0 aliphatic rings. The Hall–Kier alpha value is -3.26. The Labute approximate surface area is 127 Å². The summed E-state index contributed by atoms with van der Waals surface area (Å²) >= 11 is 0. The lowest BCUT2D eigenvalue weighted by Crippen LogP contribution is -2.23. The van der Waals surface area contributed by atoms with E-state index in [-0.39, 0.29) is 22.6 Å². The number of carbonyl (C=O) groups excluding carboxylic acids is 1. The third-order valence-electron chi connectivity index (χ3n) is 2.97. The number of phenolic OH excluding ortho intramolecular Hbond substituents is 2. The highest BCUT2D eigenvalue weighted by atomic mass is 16.3. The molecular formula is C17H14N2O3. The molecule has 2 rings (SSSR count). The summed E-state index contributed by atoms with van der Waals surface area (Å²) in [5.41, 5.74) is 1.07. The van der Waals surface area contributed by atoms with Crippen LogP contribution in [0.3, 0.4) is 0 Å². The number of benzene rings is 2. The SMILES string of the molecule is N#C/C(=C/c1ccc(O)cc1O)C(=O)NCc1ccccc1. The highest BCUT2D eigenvalue weighted by Crippen LogP contribution is 2.24. The fraction of sp³-hybridized carbons (Fsp3) is 0.0588. The van der Waals surface area contributed by atoms with Crippen molar-refractivity contribution in [3.05, 3.63) is 65.2 Å². The van der Waals surface area contributed by atoms with Crippen molar-refractivity contribution in [1.82, 2.24) is 5.32 Å². The van der Waals surface area contributed by atoms with Crippen molar-refractivity contribution in [2.24, 2.45) is 0 Å². The largest absolute Gasteiger partial charge is 0.508 e. The molecule has 0 saturated heterocycles. The molecule has 0 aromatic heterocycles. The normalized spacial score (nSPS) is 10.8. The molecule has 3 N–H and O–H groups in total. The third kappa shape index (κ3) is 3.87. The summed E-state index contributed by atoms with van der Waals surface area (Å²) < 4.78 is 0. The number of amides is 1. The van der Waals surface area contributed by atoms with E-state index in [1.807, 2.05) is 30.3 Å². The number of carbonyl (C=O) groups is 1. The first-order valence-electron chi connectivity index (χ1n) is 6.56. The van der Waals surface area contributed by atoms with Crippen LogP contribution in [0.1, 0.15) is 11.1 Å². The fourth-order valence-electron chi connectivity index (χ4n) is 1.83. The number of nitriles is 1. The van der Waals surface area contributed by atoms with Crippen LogP contribution in [0, 0.1) is 11.3 Å². The van der Waals surface area contributed by atoms with Crippen molar-refractivity contribution in [3.8, 4) is 17.6 Å². The van der Waals surface area contributed by atoms with Gasteiger partial charge in [-0.3, -0.25) is 4.79 Å². The molecule has 5 nitrogen and oxygen atoms in total. The number of hydrogen-bond donors (Lipinski definition) is 3. The molecule has 22 heavy (non-hydrogen) atoms. The van der Waals surface area contributed by atoms with E-state index in [2.05, 4.69) is 5.32 Å². The predicted molar refractivity (Wildman–Crippen MR) is 81.7 cm³/mol. The van der Waals surface area contributed by atoms with Gasteiger partial charge in [0, 0.05) is 18.2 Å². The molecule has 110 valence electrons. The van der Waals surface area contributed by atoms with Crippen molar-refractivity contribution in [2.75, 3.05) is 0 Å². The molecule has 0 saturated carbocycles. The molecule has 0 heterocycles. The van der Waals surface area contributed by atoms with Crippen LogP contribution in [0.5, 0.6) is 11.5 Å². The molecule has 1 amide bonds. The molecule has 0 atom stereocenters. The van der Waals surface area contributed by atoms with E-state index in [1.54, 1.807) is 6.07 Å². The van der Waals surface area contributed by atoms with E-state index in [1.165, 1.54) is 18.2 Å². The zero-order chi connectivity index (χ0) is 15.9. The van der Waals surface area contributed by atoms with Crippen molar-refractivity contribution in [3.63, 3.8) is 0 Å². The summed E-state index contributed by atoms with van der Waals surface area (Å²) in [7, 11) is 0. The highest BCUT2D eigenvalue weighted by Gasteiger charge is 2.10. The van der Waals surface area contributed by atoms with E-state index in [0.717, 1.165) is 11.6 Å². The summed E-state index contributed by atoms with van der Waals surface area (Å²) in [5.74, 6) is -0.830. The van der Waals surface area contributed by atoms with Crippen LogP contribution in [-0.2, 0) is 11.3 Å². The van der Waals surface area contributed by atoms with Gasteiger partial charge in [0.15, 0.2) is 0 Å². The molecule has 0 fully saturated rings. The molecule has 0 aliphatic carbocycles. The Morgan fingerprint density at radius 2 is 1.91 bits per heavy atom. The first-order valence-corrected chi connectivity index (χ1v) is 6.56. The molecule has 0 spiro atoms. The fourth-order valence-corrected chi connectivity index (χ4v) is 1.83. The second-order valence-corrected chi connectivity index (χ2v) is 4.58. The average molecular weight is 294 g/mol. The Morgan fingerprint density at radius 3 is 2.55 bits per heavy atom. The van der Waals surface area contributed by atoms with Gasteiger partial charge >= 0.3 is 0 Å². The van der Waals surface area contributed by atoms with Gasteiger partial charge in [-0.2, -0.15) is 5.26 Å². The first-order chi connectivity index (χ1) is 10.6. The van der Waals surface area contributed by atoms with Gasteiger partial charge in [0.25, 0.3) is 5.91 Å². The molecule has 5 heteroatoms. The number of phenols is 2. The summed E-state index contributed by atoms with van der Waals surface area (Å²) in [6.45, 7) is 0.306. The van der Waals surface area contributed by atoms with Gasteiger partial charge in [0.2, 0.25) is 0 Å². The maximum atomic E-state index is 12.0. The van der Waals surface area contributed by atoms with Gasteiger partial charge in [-0.15, -0.1) is 0 Å². The lowest BCUT2D eigenvalue weighted by molar-refractivity contribution is -0.117. The number of hydrogen-bond acceptors (Lipinski definition) is 4. The van der Waals surface area contributed by atoms with Crippen LogP contribution in [0.2, 0.25) is 0 Å². The quantitative estimate of drug-likeness (QED) is 0.596. The molecular weight excluding hydrogens is 280 g/mol. The average Bonchev–Trinajstić information content (AvgIpc) is 2.53. The summed E-state index contributed by atoms with van der Waals surface area (Å²) in [6, 6.07) is 15.0. The Morgan fingerprint density at radius 1 is 1.18 bits per heavy atom. The van der Waals surface area contributed by atoms with Crippen LogP contribution in [0.4, 0.5) is 0 Å². The third-order valence-corrected chi connectivity index (χ3v) is 2.97. The Kier molecular flexibility index (Phi) is 4.78. The minimum atomic E-state index is -0.529. The molecule has 0 bridgehead atoms. The molecule has 0 unspecified atom stereocenters. The van der Waals surface area contributed by atoms with Gasteiger partial charge in [0.05, 0.1) is 0 Å². The molecule has 2 aromatic carbocycles. The number of nitrogens with one attached hydrogen (secondary N) is 1. The maximum Gasteiger partial charge on any atom is 0.262 e. The topological polar surface area (TPSA) is 93.3 Å². The van der Waals surface area contributed by atoms with E-state index in [9.17, 15) is 15.0 Å². The van der Waals surface area contributed by atoms with Crippen LogP contribution >= 0.6 is 0 Å². The lowest BCUT2D eigenvalue weighted by Gasteiger charge is -2.05. The zero-order valence-electron chi connectivity index (χ0n) is 11.7. The molecule has 0 aliphatic heterocycles. The van der Waals surface area contributed by atoms with Crippen LogP contribution in [0.15, 0.2) is 54.1 Å². The summed E-state index contributed by atoms with van der Waals surface area (Å²) in [5, 5.41) is 30.6. The van der Waals surface area contributed by atoms with E-state index in [4.69, 9.17) is 5.26 Å². The summed E-state index contributed by atoms with van der Waals surface area (Å²) in [6.07, 6.45) is 1.27. The summed E-state index contributed by atoms with van der Waals surface area (Å²) in [4.78, 5) is 12.0. The number of rotatable bonds is 4. The number of aromatic hydroxyl groups is 2. The van der Waals surface area contributed by atoms with Gasteiger partial charge in [-0.05, 0) is 23.8 Å². The van der Waals surface area contributed by atoms with E-state index >= 15 is 0 Å².